The van der Waals surface area contributed by atoms with Crippen LogP contribution in [0.4, 0.5) is 5.69 Å². The summed E-state index contributed by atoms with van der Waals surface area (Å²) in [7, 11) is 0. The predicted octanol–water partition coefficient (Wildman–Crippen LogP) is 0.155. The van der Waals surface area contributed by atoms with Crippen LogP contribution < -0.4 is 10.3 Å². The van der Waals surface area contributed by atoms with Crippen LogP contribution >= 0.6 is 0 Å². The highest BCUT2D eigenvalue weighted by atomic mass is 16.5. The molecule has 0 saturated carbocycles. The summed E-state index contributed by atoms with van der Waals surface area (Å²) in [6, 6.07) is 8.57. The number of hydrogen-bond acceptors (Lipinski definition) is 5. The summed E-state index contributed by atoms with van der Waals surface area (Å²) in [5.74, 6) is -0.348. The standard InChI is InChI=1S/C14H17N3O3/c18-13-10-12(15-16-6-8-20-9-7-16)14(19)17(13)11-4-2-1-3-5-11/h1-5,12,15H,6-10H2/t12-/m0/s1. The van der Waals surface area contributed by atoms with Crippen molar-refractivity contribution >= 4 is 17.5 Å². The molecule has 1 N–H and O–H groups in total. The topological polar surface area (TPSA) is 61.9 Å². The highest BCUT2D eigenvalue weighted by molar-refractivity contribution is 6.22. The molecule has 1 atom stereocenters. The van der Waals surface area contributed by atoms with Crippen molar-refractivity contribution in [1.82, 2.24) is 10.4 Å². The number of benzene rings is 1. The van der Waals surface area contributed by atoms with E-state index < -0.39 is 6.04 Å². The van der Waals surface area contributed by atoms with Crippen LogP contribution in [0.15, 0.2) is 30.3 Å². The molecule has 2 amide bonds. The first-order chi connectivity index (χ1) is 9.75. The first-order valence-electron chi connectivity index (χ1n) is 6.76. The number of para-hydroxylation sites is 1. The van der Waals surface area contributed by atoms with Gasteiger partial charge in [-0.15, -0.1) is 0 Å². The second kappa shape index (κ2) is 5.70. The monoisotopic (exact) mass is 275 g/mol. The van der Waals surface area contributed by atoms with Gasteiger partial charge in [0.25, 0.3) is 5.91 Å². The number of carbonyl (C=O) groups excluding carboxylic acids is 2. The van der Waals surface area contributed by atoms with Gasteiger partial charge >= 0.3 is 0 Å². The van der Waals surface area contributed by atoms with Crippen molar-refractivity contribution in [3.63, 3.8) is 0 Å². The van der Waals surface area contributed by atoms with Gasteiger partial charge in [0.1, 0.15) is 6.04 Å². The van der Waals surface area contributed by atoms with Crippen molar-refractivity contribution in [2.75, 3.05) is 31.2 Å². The molecule has 0 aromatic heterocycles. The molecule has 2 aliphatic heterocycles. The maximum absolute atomic E-state index is 12.4. The van der Waals surface area contributed by atoms with Crippen molar-refractivity contribution in [3.8, 4) is 0 Å². The molecular formula is C14H17N3O3. The molecule has 6 nitrogen and oxygen atoms in total. The minimum atomic E-state index is -0.471. The van der Waals surface area contributed by atoms with E-state index >= 15 is 0 Å². The molecular weight excluding hydrogens is 258 g/mol. The molecule has 2 fully saturated rings. The summed E-state index contributed by atoms with van der Waals surface area (Å²) in [5, 5.41) is 1.95. The number of imide groups is 1. The largest absolute Gasteiger partial charge is 0.379 e. The van der Waals surface area contributed by atoms with E-state index in [-0.39, 0.29) is 18.2 Å². The van der Waals surface area contributed by atoms with Crippen LogP contribution in [-0.2, 0) is 14.3 Å². The lowest BCUT2D eigenvalue weighted by Crippen LogP contribution is -2.52. The van der Waals surface area contributed by atoms with E-state index in [1.54, 1.807) is 12.1 Å². The number of nitrogens with zero attached hydrogens (tertiary/aromatic N) is 2. The van der Waals surface area contributed by atoms with E-state index in [1.165, 1.54) is 4.90 Å². The molecule has 106 valence electrons. The highest BCUT2D eigenvalue weighted by Gasteiger charge is 2.40. The SMILES string of the molecule is O=C1C[C@H](NN2CCOCC2)C(=O)N1c1ccccc1. The van der Waals surface area contributed by atoms with Gasteiger partial charge in [-0.1, -0.05) is 18.2 Å². The summed E-state index contributed by atoms with van der Waals surface area (Å²) in [6.07, 6.45) is 0.199. The highest BCUT2D eigenvalue weighted by Crippen LogP contribution is 2.22. The molecule has 0 spiro atoms. The molecule has 20 heavy (non-hydrogen) atoms. The van der Waals surface area contributed by atoms with E-state index in [1.807, 2.05) is 23.2 Å². The van der Waals surface area contributed by atoms with E-state index in [0.29, 0.717) is 18.9 Å². The third-order valence-corrected chi connectivity index (χ3v) is 3.51. The Morgan fingerprint density at radius 2 is 1.80 bits per heavy atom. The Morgan fingerprint density at radius 3 is 2.50 bits per heavy atom. The molecule has 3 rings (SSSR count). The van der Waals surface area contributed by atoms with E-state index in [4.69, 9.17) is 4.74 Å². The van der Waals surface area contributed by atoms with Crippen LogP contribution in [0.5, 0.6) is 0 Å². The van der Waals surface area contributed by atoms with Crippen LogP contribution in [0.25, 0.3) is 0 Å². The Kier molecular flexibility index (Phi) is 3.77. The lowest BCUT2D eigenvalue weighted by molar-refractivity contribution is -0.122. The first kappa shape index (κ1) is 13.2. The average Bonchev–Trinajstić information content (AvgIpc) is 2.75. The number of ether oxygens (including phenoxy) is 1. The second-order valence-corrected chi connectivity index (χ2v) is 4.89. The maximum atomic E-state index is 12.4. The quantitative estimate of drug-likeness (QED) is 0.796. The van der Waals surface area contributed by atoms with Crippen molar-refractivity contribution < 1.29 is 14.3 Å². The molecule has 1 aromatic carbocycles. The minimum absolute atomic E-state index is 0.160. The molecule has 0 radical (unpaired) electrons. The third kappa shape index (κ3) is 2.58. The van der Waals surface area contributed by atoms with Gasteiger partial charge in [0.05, 0.1) is 25.3 Å². The number of nitrogens with one attached hydrogen (secondary N) is 1. The van der Waals surface area contributed by atoms with Crippen LogP contribution in [0.2, 0.25) is 0 Å². The van der Waals surface area contributed by atoms with Crippen LogP contribution in [0, 0.1) is 0 Å². The molecule has 2 heterocycles. The van der Waals surface area contributed by atoms with Crippen LogP contribution in [0.3, 0.4) is 0 Å². The van der Waals surface area contributed by atoms with E-state index in [9.17, 15) is 9.59 Å². The van der Waals surface area contributed by atoms with E-state index in [0.717, 1.165) is 13.1 Å². The molecule has 2 aliphatic rings. The molecule has 2 saturated heterocycles. The van der Waals surface area contributed by atoms with Crippen LogP contribution in [0.1, 0.15) is 6.42 Å². The Morgan fingerprint density at radius 1 is 1.10 bits per heavy atom. The summed E-state index contributed by atoms with van der Waals surface area (Å²) in [6.45, 7) is 2.74. The number of carbonyl (C=O) groups is 2. The van der Waals surface area contributed by atoms with Gasteiger partial charge in [0, 0.05) is 13.1 Å². The van der Waals surface area contributed by atoms with Gasteiger partial charge < -0.3 is 4.74 Å². The first-order valence-corrected chi connectivity index (χ1v) is 6.76. The fourth-order valence-corrected chi connectivity index (χ4v) is 2.49. The Labute approximate surface area is 117 Å². The molecule has 6 heteroatoms. The Bertz CT molecular complexity index is 500. The summed E-state index contributed by atoms with van der Waals surface area (Å²) >= 11 is 0. The van der Waals surface area contributed by atoms with Crippen molar-refractivity contribution in [2.45, 2.75) is 12.5 Å². The summed E-state index contributed by atoms with van der Waals surface area (Å²) in [5.41, 5.74) is 3.77. The molecule has 0 bridgehead atoms. The smallest absolute Gasteiger partial charge is 0.252 e. The van der Waals surface area contributed by atoms with Gasteiger partial charge in [0.15, 0.2) is 0 Å². The Balaban J connectivity index is 1.70. The number of hydrogen-bond donors (Lipinski definition) is 1. The number of hydrazine groups is 1. The second-order valence-electron chi connectivity index (χ2n) is 4.89. The van der Waals surface area contributed by atoms with Crippen LogP contribution in [-0.4, -0.2) is 49.2 Å². The zero-order valence-corrected chi connectivity index (χ0v) is 11.1. The number of amides is 2. The van der Waals surface area contributed by atoms with Crippen molar-refractivity contribution in [2.24, 2.45) is 0 Å². The maximum Gasteiger partial charge on any atom is 0.252 e. The fraction of sp³-hybridized carbons (Fsp3) is 0.429. The van der Waals surface area contributed by atoms with Gasteiger partial charge in [-0.25, -0.2) is 15.3 Å². The zero-order valence-electron chi connectivity index (χ0n) is 11.1. The van der Waals surface area contributed by atoms with Gasteiger partial charge in [-0.05, 0) is 12.1 Å². The van der Waals surface area contributed by atoms with Gasteiger partial charge in [-0.2, -0.15) is 0 Å². The average molecular weight is 275 g/mol. The van der Waals surface area contributed by atoms with Gasteiger partial charge in [0.2, 0.25) is 5.91 Å². The minimum Gasteiger partial charge on any atom is -0.379 e. The lowest BCUT2D eigenvalue weighted by Gasteiger charge is -2.29. The zero-order chi connectivity index (χ0) is 13.9. The summed E-state index contributed by atoms with van der Waals surface area (Å²) < 4.78 is 5.26. The fourth-order valence-electron chi connectivity index (χ4n) is 2.49. The summed E-state index contributed by atoms with van der Waals surface area (Å²) in [4.78, 5) is 25.7. The number of morpholine rings is 1. The Hall–Kier alpha value is -1.76. The lowest BCUT2D eigenvalue weighted by atomic mass is 10.2. The number of anilines is 1. The normalized spacial score (nSPS) is 24.4. The molecule has 1 aromatic rings. The molecule has 0 aliphatic carbocycles. The van der Waals surface area contributed by atoms with Gasteiger partial charge in [-0.3, -0.25) is 9.59 Å². The van der Waals surface area contributed by atoms with Crippen molar-refractivity contribution in [3.05, 3.63) is 30.3 Å². The third-order valence-electron chi connectivity index (χ3n) is 3.51. The molecule has 0 unspecified atom stereocenters. The predicted molar refractivity (Wildman–Crippen MR) is 72.9 cm³/mol. The van der Waals surface area contributed by atoms with Crippen molar-refractivity contribution in [1.29, 1.82) is 0 Å². The number of rotatable bonds is 3. The van der Waals surface area contributed by atoms with E-state index in [2.05, 4.69) is 5.43 Å².